The highest BCUT2D eigenvalue weighted by atomic mass is 19.4. The van der Waals surface area contributed by atoms with E-state index in [9.17, 15) is 18.0 Å². The standard InChI is InChI=1S/C10H9F3O2/c1-2-8-5-7(6-14)3-4-9(8)15-10(11,12)13/h3-6H,2H2,1H3. The van der Waals surface area contributed by atoms with E-state index in [4.69, 9.17) is 0 Å². The van der Waals surface area contributed by atoms with E-state index in [1.165, 1.54) is 12.1 Å². The van der Waals surface area contributed by atoms with Crippen LogP contribution in [0.15, 0.2) is 18.2 Å². The van der Waals surface area contributed by atoms with Gasteiger partial charge in [-0.15, -0.1) is 13.2 Å². The second-order valence-electron chi connectivity index (χ2n) is 2.89. The van der Waals surface area contributed by atoms with Crippen molar-refractivity contribution in [1.29, 1.82) is 0 Å². The summed E-state index contributed by atoms with van der Waals surface area (Å²) in [6.07, 6.45) is -3.75. The third-order valence-corrected chi connectivity index (χ3v) is 1.83. The maximum absolute atomic E-state index is 11.9. The van der Waals surface area contributed by atoms with Crippen molar-refractivity contribution in [2.45, 2.75) is 19.7 Å². The van der Waals surface area contributed by atoms with Gasteiger partial charge in [0, 0.05) is 5.56 Å². The number of hydrogen-bond donors (Lipinski definition) is 0. The molecule has 0 aliphatic rings. The number of alkyl halides is 3. The Kier molecular flexibility index (Phi) is 3.34. The van der Waals surface area contributed by atoms with Gasteiger partial charge in [0.25, 0.3) is 0 Å². The molecule has 0 bridgehead atoms. The third kappa shape index (κ3) is 3.27. The average molecular weight is 218 g/mol. The molecule has 1 aromatic carbocycles. The van der Waals surface area contributed by atoms with Gasteiger partial charge < -0.3 is 4.74 Å². The summed E-state index contributed by atoms with van der Waals surface area (Å²) in [6, 6.07) is 3.82. The third-order valence-electron chi connectivity index (χ3n) is 1.83. The number of carbonyl (C=O) groups excluding carboxylic acids is 1. The molecular weight excluding hydrogens is 209 g/mol. The van der Waals surface area contributed by atoms with Crippen LogP contribution in [0.5, 0.6) is 5.75 Å². The Bertz CT molecular complexity index is 358. The predicted octanol–water partition coefficient (Wildman–Crippen LogP) is 2.96. The van der Waals surface area contributed by atoms with Gasteiger partial charge in [0.1, 0.15) is 12.0 Å². The quantitative estimate of drug-likeness (QED) is 0.729. The first-order valence-corrected chi connectivity index (χ1v) is 4.30. The highest BCUT2D eigenvalue weighted by molar-refractivity contribution is 5.75. The lowest BCUT2D eigenvalue weighted by molar-refractivity contribution is -0.274. The molecule has 5 heteroatoms. The van der Waals surface area contributed by atoms with E-state index in [-0.39, 0.29) is 5.75 Å². The lowest BCUT2D eigenvalue weighted by Gasteiger charge is -2.12. The molecule has 0 unspecified atom stereocenters. The second-order valence-corrected chi connectivity index (χ2v) is 2.89. The van der Waals surface area contributed by atoms with Gasteiger partial charge in [0.15, 0.2) is 0 Å². The molecule has 0 aromatic heterocycles. The van der Waals surface area contributed by atoms with Gasteiger partial charge in [-0.2, -0.15) is 0 Å². The predicted molar refractivity (Wildman–Crippen MR) is 47.9 cm³/mol. The molecule has 0 N–H and O–H groups in total. The minimum atomic E-state index is -4.70. The van der Waals surface area contributed by atoms with Crippen LogP contribution in [0.4, 0.5) is 13.2 Å². The molecule has 1 aromatic rings. The Hall–Kier alpha value is -1.52. The fourth-order valence-electron chi connectivity index (χ4n) is 1.17. The minimum Gasteiger partial charge on any atom is -0.406 e. The van der Waals surface area contributed by atoms with Crippen molar-refractivity contribution in [3.63, 3.8) is 0 Å². The molecule has 15 heavy (non-hydrogen) atoms. The number of aryl methyl sites for hydroxylation is 1. The van der Waals surface area contributed by atoms with Crippen molar-refractivity contribution in [2.75, 3.05) is 0 Å². The molecule has 0 saturated heterocycles. The zero-order valence-corrected chi connectivity index (χ0v) is 7.97. The lowest BCUT2D eigenvalue weighted by Crippen LogP contribution is -2.18. The normalized spacial score (nSPS) is 11.2. The molecule has 0 radical (unpaired) electrons. The van der Waals surface area contributed by atoms with Gasteiger partial charge in [-0.1, -0.05) is 6.92 Å². The molecule has 0 amide bonds. The Balaban J connectivity index is 3.02. The van der Waals surface area contributed by atoms with Gasteiger partial charge in [0.2, 0.25) is 0 Å². The highest BCUT2D eigenvalue weighted by Gasteiger charge is 2.31. The summed E-state index contributed by atoms with van der Waals surface area (Å²) in [4.78, 5) is 10.4. The van der Waals surface area contributed by atoms with Crippen molar-refractivity contribution in [1.82, 2.24) is 0 Å². The van der Waals surface area contributed by atoms with Crippen molar-refractivity contribution >= 4 is 6.29 Å². The van der Waals surface area contributed by atoms with E-state index in [1.54, 1.807) is 6.92 Å². The van der Waals surface area contributed by atoms with Crippen molar-refractivity contribution in [2.24, 2.45) is 0 Å². The van der Waals surface area contributed by atoms with E-state index in [2.05, 4.69) is 4.74 Å². The van der Waals surface area contributed by atoms with E-state index in [0.29, 0.717) is 23.8 Å². The minimum absolute atomic E-state index is 0.254. The van der Waals surface area contributed by atoms with Crippen LogP contribution in [0.25, 0.3) is 0 Å². The van der Waals surface area contributed by atoms with E-state index in [1.807, 2.05) is 0 Å². The Labute approximate surface area is 84.7 Å². The largest absolute Gasteiger partial charge is 0.573 e. The van der Waals surface area contributed by atoms with Crippen LogP contribution in [-0.2, 0) is 6.42 Å². The number of carbonyl (C=O) groups is 1. The van der Waals surface area contributed by atoms with Crippen molar-refractivity contribution in [3.05, 3.63) is 29.3 Å². The first-order chi connectivity index (χ1) is 6.96. The van der Waals surface area contributed by atoms with E-state index < -0.39 is 6.36 Å². The molecule has 0 saturated carbocycles. The second kappa shape index (κ2) is 4.33. The van der Waals surface area contributed by atoms with Crippen molar-refractivity contribution < 1.29 is 22.7 Å². The van der Waals surface area contributed by atoms with Crippen LogP contribution in [-0.4, -0.2) is 12.6 Å². The fraction of sp³-hybridized carbons (Fsp3) is 0.300. The maximum Gasteiger partial charge on any atom is 0.573 e. The van der Waals surface area contributed by atoms with Gasteiger partial charge in [0.05, 0.1) is 0 Å². The van der Waals surface area contributed by atoms with Gasteiger partial charge in [-0.05, 0) is 30.2 Å². The summed E-state index contributed by atoms with van der Waals surface area (Å²) in [6.45, 7) is 1.69. The summed E-state index contributed by atoms with van der Waals surface area (Å²) in [7, 11) is 0. The molecule has 82 valence electrons. The molecule has 2 nitrogen and oxygen atoms in total. The molecule has 0 heterocycles. The number of halogens is 3. The van der Waals surface area contributed by atoms with Gasteiger partial charge in [-0.25, -0.2) is 0 Å². The average Bonchev–Trinajstić information content (AvgIpc) is 2.16. The molecule has 0 atom stereocenters. The first-order valence-electron chi connectivity index (χ1n) is 4.30. The molecule has 0 fully saturated rings. The zero-order chi connectivity index (χ0) is 11.5. The van der Waals surface area contributed by atoms with Crippen LogP contribution in [0, 0.1) is 0 Å². The van der Waals surface area contributed by atoms with Crippen LogP contribution < -0.4 is 4.74 Å². The van der Waals surface area contributed by atoms with Crippen LogP contribution in [0.2, 0.25) is 0 Å². The molecule has 0 spiro atoms. The zero-order valence-electron chi connectivity index (χ0n) is 7.97. The van der Waals surface area contributed by atoms with Gasteiger partial charge >= 0.3 is 6.36 Å². The smallest absolute Gasteiger partial charge is 0.406 e. The topological polar surface area (TPSA) is 26.3 Å². The van der Waals surface area contributed by atoms with Crippen LogP contribution >= 0.6 is 0 Å². The van der Waals surface area contributed by atoms with Crippen molar-refractivity contribution in [3.8, 4) is 5.75 Å². The van der Waals surface area contributed by atoms with Crippen LogP contribution in [0.1, 0.15) is 22.8 Å². The highest BCUT2D eigenvalue weighted by Crippen LogP contribution is 2.27. The van der Waals surface area contributed by atoms with Crippen LogP contribution in [0.3, 0.4) is 0 Å². The summed E-state index contributed by atoms with van der Waals surface area (Å²) in [5.74, 6) is -0.254. The maximum atomic E-state index is 11.9. The van der Waals surface area contributed by atoms with E-state index >= 15 is 0 Å². The first kappa shape index (κ1) is 11.6. The lowest BCUT2D eigenvalue weighted by atomic mass is 10.1. The number of ether oxygens (including phenoxy) is 1. The number of aldehydes is 1. The summed E-state index contributed by atoms with van der Waals surface area (Å²) in [5, 5.41) is 0. The number of hydrogen-bond acceptors (Lipinski definition) is 2. The summed E-state index contributed by atoms with van der Waals surface area (Å²) in [5.41, 5.74) is 0.693. The molecule has 1 rings (SSSR count). The summed E-state index contributed by atoms with van der Waals surface area (Å²) < 4.78 is 39.7. The monoisotopic (exact) mass is 218 g/mol. The Morgan fingerprint density at radius 3 is 2.53 bits per heavy atom. The Morgan fingerprint density at radius 1 is 1.40 bits per heavy atom. The Morgan fingerprint density at radius 2 is 2.07 bits per heavy atom. The van der Waals surface area contributed by atoms with Gasteiger partial charge in [-0.3, -0.25) is 4.79 Å². The molecular formula is C10H9F3O2. The fourth-order valence-corrected chi connectivity index (χ4v) is 1.17. The SMILES string of the molecule is CCc1cc(C=O)ccc1OC(F)(F)F. The number of benzene rings is 1. The number of rotatable bonds is 3. The summed E-state index contributed by atoms with van der Waals surface area (Å²) >= 11 is 0. The molecule has 0 aliphatic carbocycles. The molecule has 0 aliphatic heterocycles. The van der Waals surface area contributed by atoms with E-state index in [0.717, 1.165) is 6.07 Å².